The Hall–Kier alpha value is -2.03. The number of fused-ring (bicyclic) bond motifs is 1. The van der Waals surface area contributed by atoms with Crippen molar-refractivity contribution >= 4 is 16.7 Å². The molecule has 1 atom stereocenters. The Morgan fingerprint density at radius 3 is 2.46 bits per heavy atom. The number of carbonyl (C=O) groups excluding carboxylic acids is 1. The topological polar surface area (TPSA) is 35.5 Å². The molecule has 0 heterocycles. The molecule has 0 fully saturated rings. The smallest absolute Gasteiger partial charge is 0.313 e. The van der Waals surface area contributed by atoms with E-state index >= 15 is 0 Å². The van der Waals surface area contributed by atoms with E-state index in [2.05, 4.69) is 13.0 Å². The van der Waals surface area contributed by atoms with Crippen LogP contribution in [0.25, 0.3) is 10.8 Å². The highest BCUT2D eigenvalue weighted by molar-refractivity contribution is 5.86. The van der Waals surface area contributed by atoms with Crippen molar-refractivity contribution in [2.24, 2.45) is 0 Å². The molecule has 130 valence electrons. The Kier molecular flexibility index (Phi) is 7.10. The summed E-state index contributed by atoms with van der Waals surface area (Å²) in [4.78, 5) is 12.2. The highest BCUT2D eigenvalue weighted by Crippen LogP contribution is 2.25. The number of hydrogen-bond acceptors (Lipinski definition) is 3. The second-order valence-corrected chi connectivity index (χ2v) is 6.28. The maximum absolute atomic E-state index is 12.2. The van der Waals surface area contributed by atoms with Crippen LogP contribution < -0.4 is 4.74 Å². The molecule has 0 spiro atoms. The number of unbranched alkanes of at least 4 members (excludes halogenated alkanes) is 4. The quantitative estimate of drug-likeness (QED) is 0.452. The van der Waals surface area contributed by atoms with E-state index in [9.17, 15) is 4.79 Å². The molecule has 0 unspecified atom stereocenters. The van der Waals surface area contributed by atoms with Gasteiger partial charge in [-0.05, 0) is 41.8 Å². The summed E-state index contributed by atoms with van der Waals surface area (Å²) in [5.74, 6) is 0.455. The predicted octanol–water partition coefficient (Wildman–Crippen LogP) is 5.47. The van der Waals surface area contributed by atoms with Crippen LogP contribution in [-0.4, -0.2) is 19.7 Å². The molecule has 2 rings (SSSR count). The highest BCUT2D eigenvalue weighted by Gasteiger charge is 2.17. The van der Waals surface area contributed by atoms with Crippen LogP contribution in [0.3, 0.4) is 0 Å². The summed E-state index contributed by atoms with van der Waals surface area (Å²) >= 11 is 0. The molecule has 3 heteroatoms. The van der Waals surface area contributed by atoms with Gasteiger partial charge in [0.15, 0.2) is 0 Å². The van der Waals surface area contributed by atoms with E-state index in [4.69, 9.17) is 9.47 Å². The van der Waals surface area contributed by atoms with E-state index in [0.29, 0.717) is 6.61 Å². The summed E-state index contributed by atoms with van der Waals surface area (Å²) in [6.45, 7) is 4.63. The first kappa shape index (κ1) is 18.3. The normalized spacial score (nSPS) is 12.1. The molecule has 24 heavy (non-hydrogen) atoms. The zero-order chi connectivity index (χ0) is 17.4. The highest BCUT2D eigenvalue weighted by atomic mass is 16.5. The molecule has 0 aliphatic heterocycles. The van der Waals surface area contributed by atoms with Gasteiger partial charge < -0.3 is 9.47 Å². The molecule has 0 aliphatic rings. The molecule has 2 aromatic carbocycles. The number of esters is 1. The second-order valence-electron chi connectivity index (χ2n) is 6.28. The summed E-state index contributed by atoms with van der Waals surface area (Å²) in [6, 6.07) is 12.0. The average molecular weight is 328 g/mol. The molecule has 0 aromatic heterocycles. The van der Waals surface area contributed by atoms with E-state index < -0.39 is 0 Å². The molecule has 0 saturated carbocycles. The lowest BCUT2D eigenvalue weighted by atomic mass is 9.98. The number of carbonyl (C=O) groups is 1. The molecular weight excluding hydrogens is 300 g/mol. The Morgan fingerprint density at radius 2 is 1.71 bits per heavy atom. The lowest BCUT2D eigenvalue weighted by Crippen LogP contribution is -2.14. The molecule has 0 aliphatic carbocycles. The van der Waals surface area contributed by atoms with Crippen LogP contribution in [0.4, 0.5) is 0 Å². The molecule has 0 radical (unpaired) electrons. The zero-order valence-corrected chi connectivity index (χ0v) is 15.0. The largest absolute Gasteiger partial charge is 0.497 e. The first-order valence-corrected chi connectivity index (χ1v) is 8.90. The predicted molar refractivity (Wildman–Crippen MR) is 98.6 cm³/mol. The third-order valence-corrected chi connectivity index (χ3v) is 4.42. The van der Waals surface area contributed by atoms with E-state index in [-0.39, 0.29) is 11.9 Å². The third-order valence-electron chi connectivity index (χ3n) is 4.42. The lowest BCUT2D eigenvalue weighted by Gasteiger charge is -2.13. The van der Waals surface area contributed by atoms with E-state index in [1.165, 1.54) is 19.3 Å². The van der Waals surface area contributed by atoms with Crippen LogP contribution in [0.15, 0.2) is 36.4 Å². The van der Waals surface area contributed by atoms with E-state index in [1.807, 2.05) is 37.3 Å². The maximum Gasteiger partial charge on any atom is 0.313 e. The Morgan fingerprint density at radius 1 is 1.00 bits per heavy atom. The van der Waals surface area contributed by atoms with Crippen molar-refractivity contribution < 1.29 is 14.3 Å². The van der Waals surface area contributed by atoms with Crippen molar-refractivity contribution in [3.8, 4) is 5.75 Å². The fraction of sp³-hybridized carbons (Fsp3) is 0.476. The van der Waals surface area contributed by atoms with Crippen molar-refractivity contribution in [2.75, 3.05) is 13.7 Å². The van der Waals surface area contributed by atoms with Gasteiger partial charge in [-0.25, -0.2) is 0 Å². The molecule has 0 N–H and O–H groups in total. The minimum atomic E-state index is -0.243. The Balaban J connectivity index is 1.92. The van der Waals surface area contributed by atoms with Gasteiger partial charge in [-0.15, -0.1) is 0 Å². The van der Waals surface area contributed by atoms with Gasteiger partial charge in [0.1, 0.15) is 5.75 Å². The number of methoxy groups -OCH3 is 1. The van der Waals surface area contributed by atoms with Crippen molar-refractivity contribution in [1.29, 1.82) is 0 Å². The molecule has 0 saturated heterocycles. The van der Waals surface area contributed by atoms with Gasteiger partial charge >= 0.3 is 5.97 Å². The third kappa shape index (κ3) is 4.98. The summed E-state index contributed by atoms with van der Waals surface area (Å²) in [5.41, 5.74) is 0.989. The van der Waals surface area contributed by atoms with Gasteiger partial charge in [0.2, 0.25) is 0 Å². The summed E-state index contributed by atoms with van der Waals surface area (Å²) in [6.07, 6.45) is 5.79. The molecule has 2 aromatic rings. The minimum absolute atomic E-state index is 0.140. The molecule has 3 nitrogen and oxygen atoms in total. The average Bonchev–Trinajstić information content (AvgIpc) is 2.62. The Bertz CT molecular complexity index is 663. The van der Waals surface area contributed by atoms with Crippen LogP contribution in [0.5, 0.6) is 5.75 Å². The van der Waals surface area contributed by atoms with Gasteiger partial charge in [-0.2, -0.15) is 0 Å². The van der Waals surface area contributed by atoms with Crippen LogP contribution in [0, 0.1) is 0 Å². The maximum atomic E-state index is 12.2. The van der Waals surface area contributed by atoms with E-state index in [0.717, 1.165) is 34.9 Å². The first-order chi connectivity index (χ1) is 11.7. The van der Waals surface area contributed by atoms with Crippen LogP contribution in [0.2, 0.25) is 0 Å². The zero-order valence-electron chi connectivity index (χ0n) is 15.0. The number of rotatable bonds is 9. The van der Waals surface area contributed by atoms with Crippen LogP contribution in [0.1, 0.15) is 57.4 Å². The molecule has 0 amide bonds. The monoisotopic (exact) mass is 328 g/mol. The Labute approximate surface area is 145 Å². The first-order valence-electron chi connectivity index (χ1n) is 8.90. The number of ether oxygens (including phenoxy) is 2. The fourth-order valence-corrected chi connectivity index (χ4v) is 2.78. The number of hydrogen-bond donors (Lipinski definition) is 0. The van der Waals surface area contributed by atoms with Gasteiger partial charge in [0, 0.05) is 0 Å². The summed E-state index contributed by atoms with van der Waals surface area (Å²) < 4.78 is 10.7. The van der Waals surface area contributed by atoms with E-state index in [1.54, 1.807) is 7.11 Å². The standard InChI is InChI=1S/C21H28O3/c1-4-5-6-7-8-13-24-21(22)16(2)17-9-10-19-15-20(23-3)12-11-18(19)14-17/h9-12,14-16H,4-8,13H2,1-3H3/t16-/m1/s1. The van der Waals surface area contributed by atoms with Crippen LogP contribution in [-0.2, 0) is 9.53 Å². The van der Waals surface area contributed by atoms with Gasteiger partial charge in [0.25, 0.3) is 0 Å². The molecular formula is C21H28O3. The van der Waals surface area contributed by atoms with Crippen molar-refractivity contribution in [3.63, 3.8) is 0 Å². The summed E-state index contributed by atoms with van der Waals surface area (Å²) in [7, 11) is 1.66. The lowest BCUT2D eigenvalue weighted by molar-refractivity contribution is -0.145. The van der Waals surface area contributed by atoms with Gasteiger partial charge in [0.05, 0.1) is 19.6 Å². The second kappa shape index (κ2) is 9.31. The SMILES string of the molecule is CCCCCCCOC(=O)[C@H](C)c1ccc2cc(OC)ccc2c1. The number of benzene rings is 2. The molecule has 0 bridgehead atoms. The summed E-state index contributed by atoms with van der Waals surface area (Å²) in [5, 5.41) is 2.21. The van der Waals surface area contributed by atoms with Crippen molar-refractivity contribution in [2.45, 2.75) is 51.9 Å². The van der Waals surface area contributed by atoms with Crippen molar-refractivity contribution in [3.05, 3.63) is 42.0 Å². The fourth-order valence-electron chi connectivity index (χ4n) is 2.78. The van der Waals surface area contributed by atoms with Crippen LogP contribution >= 0.6 is 0 Å². The van der Waals surface area contributed by atoms with Gasteiger partial charge in [-0.1, -0.05) is 56.9 Å². The van der Waals surface area contributed by atoms with Crippen molar-refractivity contribution in [1.82, 2.24) is 0 Å². The minimum Gasteiger partial charge on any atom is -0.497 e. The van der Waals surface area contributed by atoms with Gasteiger partial charge in [-0.3, -0.25) is 4.79 Å².